The normalized spacial score (nSPS) is 27.1. The third kappa shape index (κ3) is 6.33. The predicted octanol–water partition coefficient (Wildman–Crippen LogP) is 3.22. The summed E-state index contributed by atoms with van der Waals surface area (Å²) in [4.78, 5) is 21.8. The van der Waals surface area contributed by atoms with Gasteiger partial charge in [0.05, 0.1) is 13.0 Å². The molecule has 0 saturated carbocycles. The molecule has 0 bridgehead atoms. The van der Waals surface area contributed by atoms with Gasteiger partial charge in [0.15, 0.2) is 5.96 Å². The molecule has 0 aromatic heterocycles. The van der Waals surface area contributed by atoms with Crippen molar-refractivity contribution in [2.24, 2.45) is 22.7 Å². The zero-order valence-corrected chi connectivity index (χ0v) is 21.0. The largest absolute Gasteiger partial charge is 0.469 e. The fourth-order valence-corrected chi connectivity index (χ4v) is 4.63. The van der Waals surface area contributed by atoms with Crippen molar-refractivity contribution in [3.63, 3.8) is 0 Å². The summed E-state index contributed by atoms with van der Waals surface area (Å²) in [5, 5.41) is 3.42. The van der Waals surface area contributed by atoms with Crippen molar-refractivity contribution in [2.45, 2.75) is 39.8 Å². The summed E-state index contributed by atoms with van der Waals surface area (Å²) >= 11 is 0. The molecule has 4 unspecified atom stereocenters. The fraction of sp³-hybridized carbons (Fsp3) is 0.652. The number of guanidine groups is 1. The van der Waals surface area contributed by atoms with Gasteiger partial charge in [0, 0.05) is 45.3 Å². The Kier molecular flexibility index (Phi) is 9.87. The Bertz CT molecular complexity index is 700. The number of halogens is 1. The number of hydrogen-bond donors (Lipinski definition) is 1. The molecular formula is C23H37IN4O2. The maximum absolute atomic E-state index is 12.0. The van der Waals surface area contributed by atoms with Crippen molar-refractivity contribution in [1.82, 2.24) is 15.1 Å². The van der Waals surface area contributed by atoms with E-state index >= 15 is 0 Å². The number of carbonyl (C=O) groups is 1. The van der Waals surface area contributed by atoms with Gasteiger partial charge in [-0.15, -0.1) is 24.0 Å². The van der Waals surface area contributed by atoms with Crippen LogP contribution in [0.15, 0.2) is 35.3 Å². The molecule has 4 atom stereocenters. The van der Waals surface area contributed by atoms with Crippen LogP contribution in [-0.4, -0.2) is 67.6 Å². The van der Waals surface area contributed by atoms with Crippen molar-refractivity contribution in [2.75, 3.05) is 39.8 Å². The van der Waals surface area contributed by atoms with E-state index in [2.05, 4.69) is 66.2 Å². The number of esters is 1. The van der Waals surface area contributed by atoms with E-state index < -0.39 is 0 Å². The van der Waals surface area contributed by atoms with Crippen LogP contribution in [0.2, 0.25) is 0 Å². The zero-order valence-electron chi connectivity index (χ0n) is 18.7. The lowest BCUT2D eigenvalue weighted by Gasteiger charge is -2.22. The van der Waals surface area contributed by atoms with Crippen molar-refractivity contribution in [3.05, 3.63) is 35.9 Å². The number of aliphatic imine (C=N–C) groups is 1. The molecule has 0 spiro atoms. The van der Waals surface area contributed by atoms with Crippen LogP contribution in [0, 0.1) is 17.8 Å². The predicted molar refractivity (Wildman–Crippen MR) is 132 cm³/mol. The number of nitrogens with zero attached hydrogens (tertiary/aromatic N) is 3. The van der Waals surface area contributed by atoms with Gasteiger partial charge in [-0.25, -0.2) is 0 Å². The third-order valence-corrected chi connectivity index (χ3v) is 6.27. The van der Waals surface area contributed by atoms with Gasteiger partial charge in [-0.3, -0.25) is 14.7 Å². The minimum atomic E-state index is -0.114. The van der Waals surface area contributed by atoms with Crippen LogP contribution in [0.4, 0.5) is 0 Å². The highest BCUT2D eigenvalue weighted by atomic mass is 127. The molecule has 0 radical (unpaired) electrons. The maximum atomic E-state index is 12.0. The number of rotatable bonds is 6. The number of likely N-dealkylation sites (tertiary alicyclic amines) is 2. The van der Waals surface area contributed by atoms with Crippen LogP contribution in [0.5, 0.6) is 0 Å². The molecule has 7 heteroatoms. The first kappa shape index (κ1) is 24.9. The molecule has 0 aliphatic carbocycles. The second kappa shape index (κ2) is 11.9. The molecule has 1 N–H and O–H groups in total. The Hall–Kier alpha value is -1.35. The summed E-state index contributed by atoms with van der Waals surface area (Å²) in [6.45, 7) is 11.8. The number of benzene rings is 1. The molecule has 2 heterocycles. The lowest BCUT2D eigenvalue weighted by molar-refractivity contribution is -0.145. The Morgan fingerprint density at radius 2 is 1.93 bits per heavy atom. The van der Waals surface area contributed by atoms with Crippen molar-refractivity contribution >= 4 is 35.9 Å². The minimum Gasteiger partial charge on any atom is -0.469 e. The van der Waals surface area contributed by atoms with Gasteiger partial charge in [0.1, 0.15) is 0 Å². The van der Waals surface area contributed by atoms with E-state index in [1.54, 1.807) is 0 Å². The quantitative estimate of drug-likeness (QED) is 0.266. The molecule has 0 amide bonds. The minimum absolute atomic E-state index is 0. The summed E-state index contributed by atoms with van der Waals surface area (Å²) in [6.07, 6.45) is 1.18. The van der Waals surface area contributed by atoms with Crippen LogP contribution < -0.4 is 5.32 Å². The summed E-state index contributed by atoms with van der Waals surface area (Å²) in [5.41, 5.74) is 1.37. The maximum Gasteiger partial charge on any atom is 0.310 e. The molecule has 168 valence electrons. The van der Waals surface area contributed by atoms with Crippen LogP contribution in [0.3, 0.4) is 0 Å². The van der Waals surface area contributed by atoms with Gasteiger partial charge < -0.3 is 15.0 Å². The van der Waals surface area contributed by atoms with Crippen LogP contribution in [-0.2, 0) is 16.1 Å². The highest BCUT2D eigenvalue weighted by Crippen LogP contribution is 2.26. The Morgan fingerprint density at radius 3 is 2.60 bits per heavy atom. The smallest absolute Gasteiger partial charge is 0.310 e. The lowest BCUT2D eigenvalue weighted by atomic mass is 9.99. The second-order valence-corrected chi connectivity index (χ2v) is 8.57. The van der Waals surface area contributed by atoms with Crippen LogP contribution >= 0.6 is 24.0 Å². The van der Waals surface area contributed by atoms with Crippen LogP contribution in [0.25, 0.3) is 0 Å². The molecule has 1 aromatic carbocycles. The standard InChI is InChI=1S/C23H36N4O2.HI/c1-5-24-23(27-13-17(2)21(16-27)22(28)29-4)25-12-20-11-18(3)26(15-20)14-19-9-7-6-8-10-19;/h6-10,17-18,20-21H,5,11-16H2,1-4H3,(H,24,25);1H. The number of hydrogen-bond acceptors (Lipinski definition) is 4. The zero-order chi connectivity index (χ0) is 20.8. The van der Waals surface area contributed by atoms with Gasteiger partial charge in [-0.2, -0.15) is 0 Å². The number of carbonyl (C=O) groups excluding carboxylic acids is 1. The van der Waals surface area contributed by atoms with E-state index in [4.69, 9.17) is 9.73 Å². The SMILES string of the molecule is CCNC(=NCC1CC(C)N(Cc2ccccc2)C1)N1CC(C)C(C(=O)OC)C1.I. The van der Waals surface area contributed by atoms with Crippen molar-refractivity contribution in [1.29, 1.82) is 0 Å². The van der Waals surface area contributed by atoms with E-state index in [-0.39, 0.29) is 41.8 Å². The average Bonchev–Trinajstić information content (AvgIpc) is 3.28. The molecule has 30 heavy (non-hydrogen) atoms. The number of ether oxygens (including phenoxy) is 1. The van der Waals surface area contributed by atoms with Crippen LogP contribution in [0.1, 0.15) is 32.8 Å². The second-order valence-electron chi connectivity index (χ2n) is 8.57. The first-order valence-corrected chi connectivity index (χ1v) is 10.9. The first-order chi connectivity index (χ1) is 14.0. The van der Waals surface area contributed by atoms with Gasteiger partial charge in [0.2, 0.25) is 0 Å². The molecule has 3 rings (SSSR count). The average molecular weight is 528 g/mol. The number of methoxy groups -OCH3 is 1. The van der Waals surface area contributed by atoms with Gasteiger partial charge in [-0.05, 0) is 37.7 Å². The van der Waals surface area contributed by atoms with Crippen molar-refractivity contribution < 1.29 is 9.53 Å². The Balaban J connectivity index is 0.00000320. The van der Waals surface area contributed by atoms with Crippen molar-refractivity contribution in [3.8, 4) is 0 Å². The van der Waals surface area contributed by atoms with Gasteiger partial charge >= 0.3 is 5.97 Å². The van der Waals surface area contributed by atoms with E-state index in [0.29, 0.717) is 18.5 Å². The van der Waals surface area contributed by atoms with E-state index in [0.717, 1.165) is 38.7 Å². The van der Waals surface area contributed by atoms with E-state index in [9.17, 15) is 4.79 Å². The summed E-state index contributed by atoms with van der Waals surface area (Å²) in [6, 6.07) is 11.3. The summed E-state index contributed by atoms with van der Waals surface area (Å²) in [7, 11) is 1.47. The molecule has 2 aliphatic heterocycles. The molecular weight excluding hydrogens is 491 g/mol. The first-order valence-electron chi connectivity index (χ1n) is 10.9. The highest BCUT2D eigenvalue weighted by molar-refractivity contribution is 14.0. The molecule has 2 fully saturated rings. The van der Waals surface area contributed by atoms with Gasteiger partial charge in [0.25, 0.3) is 0 Å². The Labute approximate surface area is 198 Å². The van der Waals surface area contributed by atoms with E-state index in [1.165, 1.54) is 19.1 Å². The molecule has 1 aromatic rings. The highest BCUT2D eigenvalue weighted by Gasteiger charge is 2.37. The lowest BCUT2D eigenvalue weighted by Crippen LogP contribution is -2.41. The third-order valence-electron chi connectivity index (χ3n) is 6.27. The molecule has 2 aliphatic rings. The van der Waals surface area contributed by atoms with Gasteiger partial charge in [-0.1, -0.05) is 37.3 Å². The number of nitrogens with one attached hydrogen (secondary N) is 1. The summed E-state index contributed by atoms with van der Waals surface area (Å²) < 4.78 is 4.97. The monoisotopic (exact) mass is 528 g/mol. The Morgan fingerprint density at radius 1 is 1.20 bits per heavy atom. The fourth-order valence-electron chi connectivity index (χ4n) is 4.63. The molecule has 2 saturated heterocycles. The van der Waals surface area contributed by atoms with E-state index in [1.807, 2.05) is 0 Å². The molecule has 6 nitrogen and oxygen atoms in total. The summed E-state index contributed by atoms with van der Waals surface area (Å²) in [5.74, 6) is 1.59. The topological polar surface area (TPSA) is 57.2 Å².